The first kappa shape index (κ1) is 2.12. The van der Waals surface area contributed by atoms with E-state index in [9.17, 15) is 8.42 Å². The highest BCUT2D eigenvalue weighted by atomic mass is 32.2. The minimum atomic E-state index is -4.57. The molecular formula is H3NO3S. The highest BCUT2D eigenvalue weighted by molar-refractivity contribution is 7.83. The van der Waals surface area contributed by atoms with Crippen molar-refractivity contribution in [3.8, 4) is 0 Å². The van der Waals surface area contributed by atoms with E-state index in [1.165, 1.54) is 0 Å². The fourth-order valence-corrected chi connectivity index (χ4v) is 0. The van der Waals surface area contributed by atoms with Crippen LogP contribution < -0.4 is 5.13 Å². The average molecular weight is 99.1 g/mol. The van der Waals surface area contributed by atoms with E-state index in [1.807, 2.05) is 0 Å². The molecule has 5 heteroatoms. The Labute approximate surface area is 32.4 Å². The summed E-state index contributed by atoms with van der Waals surface area (Å²) in [6.07, 6.45) is 0. The van der Waals surface area contributed by atoms with Crippen LogP contribution in [0.4, 0.5) is 0 Å². The standard InChI is InChI=1S/H3NO3S/c1-5(2,3)4/h(H3,1,2,3,4)/i/hD2. The van der Waals surface area contributed by atoms with E-state index in [2.05, 4.69) is 0 Å². The highest BCUT2D eigenvalue weighted by Crippen LogP contribution is 1.50. The zero-order valence-corrected chi connectivity index (χ0v) is 2.94. The van der Waals surface area contributed by atoms with Gasteiger partial charge in [-0.2, -0.15) is 8.42 Å². The van der Waals surface area contributed by atoms with Crippen LogP contribution in [0.1, 0.15) is 0 Å². The third-order valence-electron chi connectivity index (χ3n) is 0. The first-order valence-corrected chi connectivity index (χ1v) is 2.10. The smallest absolute Gasteiger partial charge is 0.274 e. The molecule has 0 rings (SSSR count). The van der Waals surface area contributed by atoms with E-state index < -0.39 is 15.4 Å². The van der Waals surface area contributed by atoms with Crippen molar-refractivity contribution in [2.45, 2.75) is 0 Å². The zero-order valence-electron chi connectivity index (χ0n) is 4.12. The Kier molecular flexibility index (Phi) is 0.392. The molecule has 0 saturated heterocycles. The molecule has 0 heterocycles. The third kappa shape index (κ3) is 801. The van der Waals surface area contributed by atoms with Gasteiger partial charge in [0.05, 0.1) is 0 Å². The second kappa shape index (κ2) is 0.925. The number of rotatable bonds is 1. The van der Waals surface area contributed by atoms with Gasteiger partial charge in [0.2, 0.25) is 0 Å². The van der Waals surface area contributed by atoms with Gasteiger partial charge in [-0.1, -0.05) is 0 Å². The zero-order chi connectivity index (χ0) is 6.08. The topological polar surface area (TPSA) is 80.4 Å². The summed E-state index contributed by atoms with van der Waals surface area (Å²) < 4.78 is 38.3. The molecule has 0 aliphatic rings. The monoisotopic (exact) mass is 99.0 g/mol. The first-order valence-electron chi connectivity index (χ1n) is 1.59. The van der Waals surface area contributed by atoms with Gasteiger partial charge < -0.3 is 0 Å². The van der Waals surface area contributed by atoms with Crippen molar-refractivity contribution in [3.63, 3.8) is 0 Å². The Balaban J connectivity index is 4.10. The van der Waals surface area contributed by atoms with Crippen LogP contribution in [-0.4, -0.2) is 13.0 Å². The molecule has 4 nitrogen and oxygen atoms in total. The fraction of sp³-hybridized carbons (Fsp3) is 0. The van der Waals surface area contributed by atoms with Crippen LogP contribution in [-0.2, 0) is 10.3 Å². The molecule has 0 atom stereocenters. The molecule has 32 valence electrons. The molecule has 0 aromatic heterocycles. The summed E-state index contributed by atoms with van der Waals surface area (Å²) in [7, 11) is -4.57. The summed E-state index contributed by atoms with van der Waals surface area (Å²) in [5, 5.41) is -0.785. The molecule has 0 spiro atoms. The van der Waals surface area contributed by atoms with Crippen molar-refractivity contribution in [1.82, 2.24) is 0 Å². The van der Waals surface area contributed by atoms with Gasteiger partial charge in [-0.25, -0.2) is 5.13 Å². The number of nitrogens with two attached hydrogens (primary N) is 1. The summed E-state index contributed by atoms with van der Waals surface area (Å²) >= 11 is 0. The first-order chi connectivity index (χ1) is 2.94. The van der Waals surface area contributed by atoms with Gasteiger partial charge in [-0.05, 0) is 0 Å². The summed E-state index contributed by atoms with van der Waals surface area (Å²) in [5.41, 5.74) is 0. The molecule has 5 heavy (non-hydrogen) atoms. The van der Waals surface area contributed by atoms with Crippen molar-refractivity contribution in [3.05, 3.63) is 0 Å². The average Bonchev–Trinajstić information content (AvgIpc) is 1.31. The minimum absolute atomic E-state index is 0.785. The van der Waals surface area contributed by atoms with E-state index in [0.29, 0.717) is 0 Å². The Hall–Kier alpha value is -0.130. The van der Waals surface area contributed by atoms with Gasteiger partial charge in [0.15, 0.2) is 0 Å². The molecule has 0 aliphatic heterocycles. The molecule has 0 fully saturated rings. The Bertz CT molecular complexity index is 135. The molecule has 0 aliphatic carbocycles. The van der Waals surface area contributed by atoms with Crippen LogP contribution >= 0.6 is 0 Å². The van der Waals surface area contributed by atoms with E-state index in [4.69, 9.17) is 7.38 Å². The molecular weight excluding hydrogens is 94.1 g/mol. The maximum absolute atomic E-state index is 9.44. The minimum Gasteiger partial charge on any atom is -0.274 e. The fourth-order valence-electron chi connectivity index (χ4n) is 0. The number of hydrogen-bond donors (Lipinski definition) is 2. The highest BCUT2D eigenvalue weighted by Gasteiger charge is 1.81. The van der Waals surface area contributed by atoms with Crippen LogP contribution in [0.2, 0.25) is 2.82 Å². The Morgan fingerprint density at radius 3 is 2.20 bits per heavy atom. The second-order valence-electron chi connectivity index (χ2n) is 0.448. The molecule has 3 N–H and O–H groups in total. The molecule has 0 bridgehead atoms. The van der Waals surface area contributed by atoms with Gasteiger partial charge >= 0.3 is 10.3 Å². The lowest BCUT2D eigenvalue weighted by Gasteiger charge is -1.70. The van der Waals surface area contributed by atoms with E-state index in [1.54, 1.807) is 0 Å². The molecule has 0 radical (unpaired) electrons. The Morgan fingerprint density at radius 2 is 2.20 bits per heavy atom. The van der Waals surface area contributed by atoms with Crippen molar-refractivity contribution >= 4 is 10.3 Å². The van der Waals surface area contributed by atoms with Gasteiger partial charge in [-0.15, -0.1) is 0 Å². The van der Waals surface area contributed by atoms with Crippen LogP contribution in [0.25, 0.3) is 0 Å². The quantitative estimate of drug-likeness (QED) is 0.403. The van der Waals surface area contributed by atoms with E-state index in [0.717, 1.165) is 0 Å². The van der Waals surface area contributed by atoms with Gasteiger partial charge in [-0.3, -0.25) is 4.55 Å². The van der Waals surface area contributed by atoms with Crippen LogP contribution in [0.15, 0.2) is 0 Å². The van der Waals surface area contributed by atoms with Crippen molar-refractivity contribution in [2.75, 3.05) is 0 Å². The predicted octanol–water partition coefficient (Wildman–Crippen LogP) is -1.25. The molecule has 0 aromatic rings. The summed E-state index contributed by atoms with van der Waals surface area (Å²) in [5.74, 6) is 0. The second-order valence-corrected chi connectivity index (χ2v) is 1.34. The van der Waals surface area contributed by atoms with Gasteiger partial charge in [0.25, 0.3) is 0 Å². The van der Waals surface area contributed by atoms with Crippen molar-refractivity contribution in [2.24, 2.45) is 5.13 Å². The van der Waals surface area contributed by atoms with E-state index in [-0.39, 0.29) is 0 Å². The maximum Gasteiger partial charge on any atom is 0.330 e. The van der Waals surface area contributed by atoms with Crippen LogP contribution in [0.3, 0.4) is 0 Å². The lowest BCUT2D eigenvalue weighted by atomic mass is 13.9. The molecule has 0 aromatic carbocycles. The summed E-state index contributed by atoms with van der Waals surface area (Å²) in [6.45, 7) is 0. The molecule has 0 amide bonds. The third-order valence-corrected chi connectivity index (χ3v) is 0. The normalized spacial score (nSPS) is 18.0. The van der Waals surface area contributed by atoms with Gasteiger partial charge in [0.1, 0.15) is 2.82 Å². The summed E-state index contributed by atoms with van der Waals surface area (Å²) in [6, 6.07) is 0. The number of hydrogen-bond acceptors (Lipinski definition) is 2. The lowest BCUT2D eigenvalue weighted by Crippen LogP contribution is -2.08. The molecule has 0 unspecified atom stereocenters. The maximum atomic E-state index is 9.44. The van der Waals surface area contributed by atoms with Gasteiger partial charge in [0, 0.05) is 0 Å². The lowest BCUT2D eigenvalue weighted by molar-refractivity contribution is 0.485. The van der Waals surface area contributed by atoms with Crippen molar-refractivity contribution < 1.29 is 15.8 Å². The molecule has 0 saturated carbocycles. The van der Waals surface area contributed by atoms with Crippen LogP contribution in [0, 0.1) is 0 Å². The largest absolute Gasteiger partial charge is 0.330 e. The van der Waals surface area contributed by atoms with E-state index >= 15 is 0 Å². The van der Waals surface area contributed by atoms with Crippen LogP contribution in [0.5, 0.6) is 0 Å². The van der Waals surface area contributed by atoms with Crippen molar-refractivity contribution in [1.29, 1.82) is 0 Å². The summed E-state index contributed by atoms with van der Waals surface area (Å²) in [4.78, 5) is 0. The SMILES string of the molecule is [2H]N([2H])S(=O)(=O)O. The predicted molar refractivity (Wildman–Crippen MR) is 15.7 cm³/mol. The Morgan fingerprint density at radius 1 is 2.00 bits per heavy atom.